The van der Waals surface area contributed by atoms with Crippen molar-refractivity contribution in [2.24, 2.45) is 0 Å². The SMILES string of the molecule is O=C(NCCCNC1CCN(S(=O)(=O)Nc2ccc(F)c(F)c2Nc2ccc(I)cc2F)CC1)N1CCOCC1. The van der Waals surface area contributed by atoms with Crippen LogP contribution in [0.5, 0.6) is 0 Å². The minimum Gasteiger partial charge on any atom is -0.378 e. The van der Waals surface area contributed by atoms with E-state index in [4.69, 9.17) is 4.74 Å². The Morgan fingerprint density at radius 2 is 1.68 bits per heavy atom. The zero-order valence-corrected chi connectivity index (χ0v) is 24.7. The lowest BCUT2D eigenvalue weighted by atomic mass is 10.1. The average Bonchev–Trinajstić information content (AvgIpc) is 2.94. The molecule has 220 valence electrons. The van der Waals surface area contributed by atoms with E-state index in [1.807, 2.05) is 22.6 Å². The molecule has 2 fully saturated rings. The molecule has 10 nitrogen and oxygen atoms in total. The Hall–Kier alpha value is -2.34. The number of carbonyl (C=O) groups excluding carboxylic acids is 1. The molecule has 2 heterocycles. The number of anilines is 3. The van der Waals surface area contributed by atoms with Gasteiger partial charge in [-0.15, -0.1) is 0 Å². The number of hydrogen-bond acceptors (Lipinski definition) is 6. The summed E-state index contributed by atoms with van der Waals surface area (Å²) in [5.74, 6) is -3.23. The van der Waals surface area contributed by atoms with Crippen molar-refractivity contribution in [1.29, 1.82) is 0 Å². The number of carbonyl (C=O) groups is 1. The van der Waals surface area contributed by atoms with E-state index in [1.165, 1.54) is 16.4 Å². The number of piperidine rings is 1. The molecule has 40 heavy (non-hydrogen) atoms. The number of nitrogens with one attached hydrogen (secondary N) is 4. The van der Waals surface area contributed by atoms with Crippen LogP contribution in [0.3, 0.4) is 0 Å². The van der Waals surface area contributed by atoms with Crippen molar-refractivity contribution >= 4 is 55.9 Å². The van der Waals surface area contributed by atoms with Gasteiger partial charge >= 0.3 is 16.2 Å². The Bertz CT molecular complexity index is 1290. The third kappa shape index (κ3) is 8.11. The van der Waals surface area contributed by atoms with Gasteiger partial charge in [0.05, 0.1) is 24.6 Å². The predicted molar refractivity (Wildman–Crippen MR) is 154 cm³/mol. The molecule has 2 aliphatic rings. The molecule has 2 saturated heterocycles. The molecule has 2 aromatic carbocycles. The van der Waals surface area contributed by atoms with Crippen molar-refractivity contribution in [3.05, 3.63) is 51.4 Å². The third-order valence-electron chi connectivity index (χ3n) is 6.68. The van der Waals surface area contributed by atoms with Gasteiger partial charge in [0, 0.05) is 42.3 Å². The van der Waals surface area contributed by atoms with Crippen molar-refractivity contribution in [2.45, 2.75) is 25.3 Å². The van der Waals surface area contributed by atoms with Crippen LogP contribution in [0.4, 0.5) is 35.0 Å². The lowest BCUT2D eigenvalue weighted by molar-refractivity contribution is 0.0532. The first-order valence-corrected chi connectivity index (χ1v) is 15.5. The fourth-order valence-electron chi connectivity index (χ4n) is 4.46. The standard InChI is InChI=1S/C25H32F3IN6O4S/c26-19-3-5-22(24(23(19)28)32-21-4-2-17(29)16-20(21)27)33-40(37,38)35-10-6-18(7-11-35)30-8-1-9-31-25(36)34-12-14-39-15-13-34/h2-5,16,18,30,32-33H,1,6-15H2,(H,31,36). The quantitative estimate of drug-likeness (QED) is 0.223. The second-order valence-electron chi connectivity index (χ2n) is 9.45. The first-order chi connectivity index (χ1) is 19.1. The molecule has 0 bridgehead atoms. The van der Waals surface area contributed by atoms with Crippen LogP contribution in [0.1, 0.15) is 19.3 Å². The van der Waals surface area contributed by atoms with Crippen molar-refractivity contribution in [3.8, 4) is 0 Å². The maximum Gasteiger partial charge on any atom is 0.317 e. The largest absolute Gasteiger partial charge is 0.378 e. The molecule has 0 aromatic heterocycles. The first kappa shape index (κ1) is 30.6. The van der Waals surface area contributed by atoms with Gasteiger partial charge in [-0.05, 0) is 78.7 Å². The number of amides is 2. The van der Waals surface area contributed by atoms with Crippen molar-refractivity contribution in [3.63, 3.8) is 0 Å². The molecular weight excluding hydrogens is 664 g/mol. The molecule has 0 radical (unpaired) electrons. The number of rotatable bonds is 10. The Kier molecular flexibility index (Phi) is 10.7. The molecule has 0 atom stereocenters. The van der Waals surface area contributed by atoms with E-state index in [1.54, 1.807) is 11.0 Å². The summed E-state index contributed by atoms with van der Waals surface area (Å²) in [6.45, 7) is 3.89. The topological polar surface area (TPSA) is 115 Å². The maximum atomic E-state index is 14.7. The van der Waals surface area contributed by atoms with Crippen LogP contribution < -0.4 is 20.7 Å². The molecule has 0 saturated carbocycles. The van der Waals surface area contributed by atoms with Crippen LogP contribution in [0.25, 0.3) is 0 Å². The fourth-order valence-corrected chi connectivity index (χ4v) is 6.18. The van der Waals surface area contributed by atoms with E-state index in [2.05, 4.69) is 20.7 Å². The maximum absolute atomic E-state index is 14.7. The number of hydrogen-bond donors (Lipinski definition) is 4. The van der Waals surface area contributed by atoms with Gasteiger partial charge < -0.3 is 25.6 Å². The summed E-state index contributed by atoms with van der Waals surface area (Å²) in [5, 5.41) is 8.77. The lowest BCUT2D eigenvalue weighted by Gasteiger charge is -2.32. The van der Waals surface area contributed by atoms with Gasteiger partial charge in [-0.25, -0.2) is 18.0 Å². The van der Waals surface area contributed by atoms with Gasteiger partial charge in [0.1, 0.15) is 11.5 Å². The minimum absolute atomic E-state index is 0.0996. The highest BCUT2D eigenvalue weighted by atomic mass is 127. The van der Waals surface area contributed by atoms with Crippen molar-refractivity contribution < 1.29 is 31.1 Å². The number of urea groups is 1. The van der Waals surface area contributed by atoms with E-state index >= 15 is 0 Å². The van der Waals surface area contributed by atoms with Gasteiger partial charge in [-0.2, -0.15) is 12.7 Å². The monoisotopic (exact) mass is 696 g/mol. The Morgan fingerprint density at radius 1 is 0.975 bits per heavy atom. The van der Waals surface area contributed by atoms with Gasteiger partial charge in [0.15, 0.2) is 11.6 Å². The van der Waals surface area contributed by atoms with Crippen LogP contribution in [-0.2, 0) is 14.9 Å². The van der Waals surface area contributed by atoms with Crippen LogP contribution in [0.2, 0.25) is 0 Å². The zero-order chi connectivity index (χ0) is 28.7. The highest BCUT2D eigenvalue weighted by Gasteiger charge is 2.29. The summed E-state index contributed by atoms with van der Waals surface area (Å²) >= 11 is 1.91. The van der Waals surface area contributed by atoms with E-state index in [-0.39, 0.29) is 36.5 Å². The summed E-state index contributed by atoms with van der Waals surface area (Å²) in [5.41, 5.74) is -0.880. The van der Waals surface area contributed by atoms with Crippen LogP contribution in [0.15, 0.2) is 30.3 Å². The highest BCUT2D eigenvalue weighted by molar-refractivity contribution is 14.1. The smallest absolute Gasteiger partial charge is 0.317 e. The minimum atomic E-state index is -4.10. The fraction of sp³-hybridized carbons (Fsp3) is 0.480. The first-order valence-electron chi connectivity index (χ1n) is 13.0. The van der Waals surface area contributed by atoms with E-state index in [0.29, 0.717) is 55.8 Å². The van der Waals surface area contributed by atoms with E-state index in [9.17, 15) is 26.4 Å². The molecule has 2 amide bonds. The Labute approximate surface area is 245 Å². The Morgan fingerprint density at radius 3 is 2.38 bits per heavy atom. The number of nitrogens with zero attached hydrogens (tertiary/aromatic N) is 2. The summed E-state index contributed by atoms with van der Waals surface area (Å²) < 4.78 is 78.6. The predicted octanol–water partition coefficient (Wildman–Crippen LogP) is 3.59. The summed E-state index contributed by atoms with van der Waals surface area (Å²) in [6.07, 6.45) is 1.83. The average molecular weight is 697 g/mol. The summed E-state index contributed by atoms with van der Waals surface area (Å²) in [4.78, 5) is 13.8. The normalized spacial score (nSPS) is 17.1. The van der Waals surface area contributed by atoms with Crippen LogP contribution in [0, 0.1) is 21.0 Å². The van der Waals surface area contributed by atoms with Gasteiger partial charge in [0.25, 0.3) is 0 Å². The number of halogens is 4. The zero-order valence-electron chi connectivity index (χ0n) is 21.7. The molecule has 0 aliphatic carbocycles. The number of benzene rings is 2. The second-order valence-corrected chi connectivity index (χ2v) is 12.4. The van der Waals surface area contributed by atoms with Gasteiger partial charge in [-0.1, -0.05) is 0 Å². The van der Waals surface area contributed by atoms with Gasteiger partial charge in [0.2, 0.25) is 0 Å². The molecule has 2 aromatic rings. The molecule has 0 spiro atoms. The number of morpholine rings is 1. The molecule has 15 heteroatoms. The number of ether oxygens (including phenoxy) is 1. The third-order valence-corrected chi connectivity index (χ3v) is 8.87. The Balaban J connectivity index is 1.27. The summed E-state index contributed by atoms with van der Waals surface area (Å²) in [6, 6.07) is 6.05. The van der Waals surface area contributed by atoms with Crippen LogP contribution in [-0.4, -0.2) is 82.2 Å². The summed E-state index contributed by atoms with van der Waals surface area (Å²) in [7, 11) is -4.10. The van der Waals surface area contributed by atoms with Crippen LogP contribution >= 0.6 is 22.6 Å². The highest BCUT2D eigenvalue weighted by Crippen LogP contribution is 2.33. The van der Waals surface area contributed by atoms with E-state index < -0.39 is 33.3 Å². The lowest BCUT2D eigenvalue weighted by Crippen LogP contribution is -2.48. The molecule has 0 unspecified atom stereocenters. The molecule has 4 rings (SSSR count). The second kappa shape index (κ2) is 14.0. The van der Waals surface area contributed by atoms with Crippen molar-refractivity contribution in [1.82, 2.24) is 19.8 Å². The van der Waals surface area contributed by atoms with E-state index in [0.717, 1.165) is 18.6 Å². The molecule has 4 N–H and O–H groups in total. The molecule has 2 aliphatic heterocycles. The van der Waals surface area contributed by atoms with Crippen molar-refractivity contribution in [2.75, 3.05) is 62.5 Å². The van der Waals surface area contributed by atoms with Gasteiger partial charge in [-0.3, -0.25) is 4.72 Å². The molecular formula is C25H32F3IN6O4S.